The minimum absolute atomic E-state index is 0.125. The van der Waals surface area contributed by atoms with Crippen molar-refractivity contribution in [3.8, 4) is 28.3 Å². The van der Waals surface area contributed by atoms with Gasteiger partial charge in [-0.25, -0.2) is 4.98 Å². The van der Waals surface area contributed by atoms with E-state index >= 15 is 0 Å². The zero-order chi connectivity index (χ0) is 21.2. The number of nitrogens with zero attached hydrogens (tertiary/aromatic N) is 2. The van der Waals surface area contributed by atoms with Crippen molar-refractivity contribution in [2.75, 3.05) is 0 Å². The van der Waals surface area contributed by atoms with Crippen LogP contribution in [0.1, 0.15) is 5.56 Å². The van der Waals surface area contributed by atoms with Crippen LogP contribution in [0, 0.1) is 10.1 Å². The summed E-state index contributed by atoms with van der Waals surface area (Å²) in [5.74, 6) is 0.537. The molecule has 2 heterocycles. The van der Waals surface area contributed by atoms with Gasteiger partial charge in [0.1, 0.15) is 12.1 Å². The number of ether oxygens (including phenoxy) is 1. The first-order valence-corrected chi connectivity index (χ1v) is 10.5. The van der Waals surface area contributed by atoms with Gasteiger partial charge in [-0.05, 0) is 57.8 Å². The van der Waals surface area contributed by atoms with Crippen LogP contribution in [0.25, 0.3) is 33.7 Å². The first kappa shape index (κ1) is 19.0. The maximum atomic E-state index is 11.6. The second-order valence-electron chi connectivity index (χ2n) is 6.93. The number of aromatic nitrogens is 1. The van der Waals surface area contributed by atoms with E-state index in [1.165, 1.54) is 6.07 Å². The minimum Gasteiger partial charge on any atom is -0.482 e. The molecule has 5 aromatic rings. The third-order valence-corrected chi connectivity index (χ3v) is 5.60. The van der Waals surface area contributed by atoms with Crippen LogP contribution in [-0.4, -0.2) is 9.91 Å². The maximum absolute atomic E-state index is 11.6. The van der Waals surface area contributed by atoms with Gasteiger partial charge in [0.05, 0.1) is 4.92 Å². The topological polar surface area (TPSA) is 78.4 Å². The Balaban J connectivity index is 1.47. The zero-order valence-corrected chi connectivity index (χ0v) is 17.0. The molecule has 2 aromatic heterocycles. The average Bonchev–Trinajstić information content (AvgIpc) is 3.47. The molecule has 0 atom stereocenters. The lowest BCUT2D eigenvalue weighted by atomic mass is 10.1. The Morgan fingerprint density at radius 1 is 0.968 bits per heavy atom. The van der Waals surface area contributed by atoms with Crippen LogP contribution in [0.3, 0.4) is 0 Å². The second kappa shape index (κ2) is 8.04. The molecule has 7 heteroatoms. The van der Waals surface area contributed by atoms with E-state index in [-0.39, 0.29) is 18.0 Å². The van der Waals surface area contributed by atoms with E-state index in [2.05, 4.69) is 4.98 Å². The molecule has 0 saturated carbocycles. The number of hydrogen-bond acceptors (Lipinski definition) is 6. The molecular formula is C24H16N2O4S. The summed E-state index contributed by atoms with van der Waals surface area (Å²) < 4.78 is 11.5. The van der Waals surface area contributed by atoms with Gasteiger partial charge in [-0.2, -0.15) is 11.3 Å². The first-order chi connectivity index (χ1) is 15.2. The van der Waals surface area contributed by atoms with Crippen LogP contribution in [0.5, 0.6) is 5.75 Å². The van der Waals surface area contributed by atoms with Gasteiger partial charge in [0.25, 0.3) is 0 Å². The van der Waals surface area contributed by atoms with E-state index < -0.39 is 4.92 Å². The van der Waals surface area contributed by atoms with Gasteiger partial charge in [-0.1, -0.05) is 36.4 Å². The summed E-state index contributed by atoms with van der Waals surface area (Å²) in [6.07, 6.45) is 0. The summed E-state index contributed by atoms with van der Waals surface area (Å²) in [6, 6.07) is 22.4. The van der Waals surface area contributed by atoms with E-state index in [4.69, 9.17) is 9.15 Å². The Morgan fingerprint density at radius 3 is 2.58 bits per heavy atom. The lowest BCUT2D eigenvalue weighted by Crippen LogP contribution is -1.98. The Kier molecular flexibility index (Phi) is 4.93. The van der Waals surface area contributed by atoms with Crippen LogP contribution >= 0.6 is 11.3 Å². The van der Waals surface area contributed by atoms with Crippen LogP contribution in [0.2, 0.25) is 0 Å². The molecule has 31 heavy (non-hydrogen) atoms. The molecule has 0 aliphatic heterocycles. The number of rotatable bonds is 6. The molecule has 0 fully saturated rings. The number of nitro groups is 1. The van der Waals surface area contributed by atoms with E-state index in [1.807, 2.05) is 65.4 Å². The fourth-order valence-electron chi connectivity index (χ4n) is 3.31. The lowest BCUT2D eigenvalue weighted by molar-refractivity contribution is -0.385. The molecule has 0 unspecified atom stereocenters. The summed E-state index contributed by atoms with van der Waals surface area (Å²) in [6.45, 7) is 0.273. The zero-order valence-electron chi connectivity index (χ0n) is 16.2. The molecule has 0 radical (unpaired) electrons. The van der Waals surface area contributed by atoms with Crippen LogP contribution in [-0.2, 0) is 6.61 Å². The summed E-state index contributed by atoms with van der Waals surface area (Å²) >= 11 is 1.55. The smallest absolute Gasteiger partial charge is 0.311 e. The standard InChI is InChI=1S/C24H16N2O4S/c27-26(28)21-13-19(7-9-23(21)29-14-16-10-11-31-15-16)24-25-20-12-18(6-8-22(20)30-24)17-4-2-1-3-5-17/h1-13,15H,14H2. The number of benzene rings is 3. The third kappa shape index (κ3) is 3.91. The lowest BCUT2D eigenvalue weighted by Gasteiger charge is -2.06. The molecule has 152 valence electrons. The van der Waals surface area contributed by atoms with Gasteiger partial charge in [-0.3, -0.25) is 10.1 Å². The maximum Gasteiger partial charge on any atom is 0.311 e. The molecule has 0 bridgehead atoms. The van der Waals surface area contributed by atoms with Crippen molar-refractivity contribution in [2.45, 2.75) is 6.61 Å². The molecule has 0 amide bonds. The van der Waals surface area contributed by atoms with Gasteiger partial charge >= 0.3 is 5.69 Å². The normalized spacial score (nSPS) is 11.0. The molecule has 5 rings (SSSR count). The molecule has 0 aliphatic rings. The summed E-state index contributed by atoms with van der Waals surface area (Å²) in [5.41, 5.74) is 4.78. The van der Waals surface area contributed by atoms with Gasteiger partial charge in [-0.15, -0.1) is 0 Å². The average molecular weight is 428 g/mol. The molecule has 0 N–H and O–H groups in total. The number of oxazole rings is 1. The first-order valence-electron chi connectivity index (χ1n) is 9.56. The fourth-order valence-corrected chi connectivity index (χ4v) is 3.97. The molecule has 0 aliphatic carbocycles. The van der Waals surface area contributed by atoms with Crippen molar-refractivity contribution in [3.63, 3.8) is 0 Å². The highest BCUT2D eigenvalue weighted by atomic mass is 32.1. The van der Waals surface area contributed by atoms with Crippen molar-refractivity contribution < 1.29 is 14.1 Å². The van der Waals surface area contributed by atoms with Gasteiger partial charge in [0.2, 0.25) is 5.89 Å². The number of nitro benzene ring substituents is 1. The summed E-state index contributed by atoms with van der Waals surface area (Å²) in [7, 11) is 0. The van der Waals surface area contributed by atoms with Crippen molar-refractivity contribution in [3.05, 3.63) is 99.2 Å². The van der Waals surface area contributed by atoms with E-state index in [0.29, 0.717) is 22.6 Å². The summed E-state index contributed by atoms with van der Waals surface area (Å²) in [5, 5.41) is 15.5. The van der Waals surface area contributed by atoms with Gasteiger partial charge in [0.15, 0.2) is 11.3 Å². The quantitative estimate of drug-likeness (QED) is 0.222. The Bertz CT molecular complexity index is 1360. The fraction of sp³-hybridized carbons (Fsp3) is 0.0417. The number of hydrogen-bond donors (Lipinski definition) is 0. The Labute approximate surface area is 181 Å². The highest BCUT2D eigenvalue weighted by Gasteiger charge is 2.19. The highest BCUT2D eigenvalue weighted by Crippen LogP contribution is 2.34. The van der Waals surface area contributed by atoms with Crippen LogP contribution in [0.4, 0.5) is 5.69 Å². The highest BCUT2D eigenvalue weighted by molar-refractivity contribution is 7.07. The van der Waals surface area contributed by atoms with Gasteiger partial charge in [0, 0.05) is 11.6 Å². The third-order valence-electron chi connectivity index (χ3n) is 4.87. The predicted molar refractivity (Wildman–Crippen MR) is 120 cm³/mol. The largest absolute Gasteiger partial charge is 0.482 e. The summed E-state index contributed by atoms with van der Waals surface area (Å²) in [4.78, 5) is 15.7. The van der Waals surface area contributed by atoms with Crippen molar-refractivity contribution in [2.24, 2.45) is 0 Å². The van der Waals surface area contributed by atoms with Crippen molar-refractivity contribution >= 4 is 28.1 Å². The minimum atomic E-state index is -0.456. The SMILES string of the molecule is O=[N+]([O-])c1cc(-c2nc3cc(-c4ccccc4)ccc3o2)ccc1OCc1ccsc1. The Morgan fingerprint density at radius 2 is 1.81 bits per heavy atom. The van der Waals surface area contributed by atoms with Crippen molar-refractivity contribution in [1.29, 1.82) is 0 Å². The molecule has 0 saturated heterocycles. The predicted octanol–water partition coefficient (Wildman–Crippen LogP) is 6.71. The van der Waals surface area contributed by atoms with Gasteiger partial charge < -0.3 is 9.15 Å². The Hall–Kier alpha value is -3.97. The number of thiophene rings is 1. The van der Waals surface area contributed by atoms with Crippen molar-refractivity contribution in [1.82, 2.24) is 4.98 Å². The molecule has 3 aromatic carbocycles. The number of fused-ring (bicyclic) bond motifs is 1. The van der Waals surface area contributed by atoms with E-state index in [9.17, 15) is 10.1 Å². The van der Waals surface area contributed by atoms with E-state index in [0.717, 1.165) is 16.7 Å². The molecular weight excluding hydrogens is 412 g/mol. The molecule has 0 spiro atoms. The van der Waals surface area contributed by atoms with Crippen LogP contribution < -0.4 is 4.74 Å². The molecule has 6 nitrogen and oxygen atoms in total. The van der Waals surface area contributed by atoms with Crippen LogP contribution in [0.15, 0.2) is 88.0 Å². The second-order valence-corrected chi connectivity index (χ2v) is 7.71. The monoisotopic (exact) mass is 428 g/mol. The van der Waals surface area contributed by atoms with E-state index in [1.54, 1.807) is 23.5 Å².